The number of hydrogen-bond donors (Lipinski definition) is 0. The van der Waals surface area contributed by atoms with Crippen molar-refractivity contribution in [3.8, 4) is 17.2 Å². The molecule has 1 fully saturated rings. The van der Waals surface area contributed by atoms with Gasteiger partial charge in [0.1, 0.15) is 11.5 Å². The highest BCUT2D eigenvalue weighted by Gasteiger charge is 2.31. The molecule has 2 rings (SSSR count). The van der Waals surface area contributed by atoms with E-state index in [4.69, 9.17) is 14.2 Å². The normalized spacial score (nSPS) is 16.4. The van der Waals surface area contributed by atoms with Crippen LogP contribution in [0.4, 0.5) is 0 Å². The number of rotatable bonds is 4. The summed E-state index contributed by atoms with van der Waals surface area (Å²) in [7, 11) is 5.31. The van der Waals surface area contributed by atoms with Gasteiger partial charge in [0.05, 0.1) is 21.3 Å². The van der Waals surface area contributed by atoms with Gasteiger partial charge in [-0.2, -0.15) is 0 Å². The molecule has 18 heavy (non-hydrogen) atoms. The van der Waals surface area contributed by atoms with E-state index in [9.17, 15) is 0 Å². The van der Waals surface area contributed by atoms with Crippen molar-refractivity contribution in [2.24, 2.45) is 0 Å². The smallest absolute Gasteiger partial charge is 0.220 e. The lowest BCUT2D eigenvalue weighted by Gasteiger charge is -2.18. The summed E-state index contributed by atoms with van der Waals surface area (Å²) in [6.07, 6.45) is 4.00. The SMILES string of the molecule is COc1ccc([S+]2CCCCC2)c(OC)c1OC. The zero-order valence-electron chi connectivity index (χ0n) is 11.3. The summed E-state index contributed by atoms with van der Waals surface area (Å²) in [5, 5.41) is 0. The predicted molar refractivity (Wildman–Crippen MR) is 75.3 cm³/mol. The molecule has 3 nitrogen and oxygen atoms in total. The molecule has 0 bridgehead atoms. The summed E-state index contributed by atoms with van der Waals surface area (Å²) >= 11 is 0. The third-order valence-corrected chi connectivity index (χ3v) is 5.77. The van der Waals surface area contributed by atoms with Gasteiger partial charge >= 0.3 is 0 Å². The van der Waals surface area contributed by atoms with Crippen LogP contribution in [0.15, 0.2) is 17.0 Å². The standard InChI is InChI=1S/C14H21O3S/c1-15-11-7-8-12(14(17-3)13(11)16-2)18-9-5-4-6-10-18/h7-8H,4-6,9-10H2,1-3H3/q+1. The summed E-state index contributed by atoms with van der Waals surface area (Å²) in [4.78, 5) is 1.29. The third-order valence-electron chi connectivity index (χ3n) is 3.26. The first-order valence-corrected chi connectivity index (χ1v) is 7.84. The van der Waals surface area contributed by atoms with E-state index in [1.165, 1.54) is 35.7 Å². The van der Waals surface area contributed by atoms with Gasteiger partial charge in [0, 0.05) is 17.0 Å². The van der Waals surface area contributed by atoms with Crippen molar-refractivity contribution in [1.29, 1.82) is 0 Å². The minimum Gasteiger partial charge on any atom is -0.493 e. The van der Waals surface area contributed by atoms with Crippen LogP contribution in [0, 0.1) is 0 Å². The minimum atomic E-state index is 0.298. The van der Waals surface area contributed by atoms with Crippen molar-refractivity contribution in [2.45, 2.75) is 24.2 Å². The van der Waals surface area contributed by atoms with E-state index < -0.39 is 0 Å². The molecule has 1 saturated heterocycles. The maximum atomic E-state index is 5.57. The van der Waals surface area contributed by atoms with Crippen LogP contribution >= 0.6 is 0 Å². The van der Waals surface area contributed by atoms with Gasteiger partial charge < -0.3 is 14.2 Å². The summed E-state index contributed by atoms with van der Waals surface area (Å²) < 4.78 is 16.3. The van der Waals surface area contributed by atoms with E-state index in [1.54, 1.807) is 21.3 Å². The zero-order valence-corrected chi connectivity index (χ0v) is 12.1. The molecule has 0 saturated carbocycles. The van der Waals surface area contributed by atoms with E-state index in [1.807, 2.05) is 6.07 Å². The fourth-order valence-corrected chi connectivity index (χ4v) is 4.80. The Morgan fingerprint density at radius 1 is 0.833 bits per heavy atom. The van der Waals surface area contributed by atoms with Gasteiger partial charge in [0.25, 0.3) is 0 Å². The summed E-state index contributed by atoms with van der Waals surface area (Å²) in [5.74, 6) is 4.84. The van der Waals surface area contributed by atoms with Crippen LogP contribution in [0.5, 0.6) is 17.2 Å². The van der Waals surface area contributed by atoms with Gasteiger partial charge in [-0.1, -0.05) is 0 Å². The summed E-state index contributed by atoms with van der Waals surface area (Å²) in [6, 6.07) is 4.12. The van der Waals surface area contributed by atoms with Gasteiger partial charge in [-0.15, -0.1) is 0 Å². The highest BCUT2D eigenvalue weighted by Crippen LogP contribution is 2.43. The van der Waals surface area contributed by atoms with Gasteiger partial charge in [0.2, 0.25) is 16.4 Å². The fourth-order valence-electron chi connectivity index (χ4n) is 2.35. The Balaban J connectivity index is 2.40. The second-order valence-corrected chi connectivity index (χ2v) is 6.54. The second kappa shape index (κ2) is 6.23. The number of benzene rings is 1. The lowest BCUT2D eigenvalue weighted by Crippen LogP contribution is -2.18. The van der Waals surface area contributed by atoms with E-state index in [0.717, 1.165) is 17.2 Å². The van der Waals surface area contributed by atoms with Crippen molar-refractivity contribution in [2.75, 3.05) is 32.8 Å². The van der Waals surface area contributed by atoms with E-state index in [0.29, 0.717) is 10.9 Å². The highest BCUT2D eigenvalue weighted by atomic mass is 32.2. The van der Waals surface area contributed by atoms with Crippen LogP contribution in [0.2, 0.25) is 0 Å². The molecule has 0 spiro atoms. The van der Waals surface area contributed by atoms with Gasteiger partial charge in [0.15, 0.2) is 5.75 Å². The molecule has 0 aliphatic carbocycles. The van der Waals surface area contributed by atoms with Crippen molar-refractivity contribution < 1.29 is 14.2 Å². The summed E-state index contributed by atoms with van der Waals surface area (Å²) in [5.41, 5.74) is 0. The third kappa shape index (κ3) is 2.53. The van der Waals surface area contributed by atoms with Gasteiger partial charge in [-0.3, -0.25) is 0 Å². The lowest BCUT2D eigenvalue weighted by atomic mass is 10.3. The first-order chi connectivity index (χ1) is 8.81. The molecule has 4 heteroatoms. The fraction of sp³-hybridized carbons (Fsp3) is 0.571. The average molecular weight is 269 g/mol. The first-order valence-electron chi connectivity index (χ1n) is 6.28. The Hall–Kier alpha value is -1.03. The monoisotopic (exact) mass is 269 g/mol. The average Bonchev–Trinajstić information content (AvgIpc) is 2.46. The minimum absolute atomic E-state index is 0.298. The molecule has 1 aromatic carbocycles. The highest BCUT2D eigenvalue weighted by molar-refractivity contribution is 7.97. The van der Waals surface area contributed by atoms with Crippen molar-refractivity contribution in [1.82, 2.24) is 0 Å². The largest absolute Gasteiger partial charge is 0.493 e. The van der Waals surface area contributed by atoms with Crippen LogP contribution in [-0.2, 0) is 10.9 Å². The topological polar surface area (TPSA) is 27.7 Å². The Morgan fingerprint density at radius 3 is 2.06 bits per heavy atom. The maximum Gasteiger partial charge on any atom is 0.220 e. The van der Waals surface area contributed by atoms with Crippen LogP contribution in [0.25, 0.3) is 0 Å². The molecule has 0 radical (unpaired) electrons. The van der Waals surface area contributed by atoms with Crippen LogP contribution in [0.3, 0.4) is 0 Å². The van der Waals surface area contributed by atoms with Crippen LogP contribution in [0.1, 0.15) is 19.3 Å². The molecule has 0 unspecified atom stereocenters. The Labute approximate surface area is 112 Å². The first kappa shape index (κ1) is 13.4. The van der Waals surface area contributed by atoms with E-state index in [2.05, 4.69) is 6.07 Å². The Kier molecular flexibility index (Phi) is 4.64. The number of methoxy groups -OCH3 is 3. The van der Waals surface area contributed by atoms with Crippen molar-refractivity contribution in [3.63, 3.8) is 0 Å². The van der Waals surface area contributed by atoms with E-state index in [-0.39, 0.29) is 0 Å². The quantitative estimate of drug-likeness (QED) is 0.787. The van der Waals surface area contributed by atoms with Crippen molar-refractivity contribution in [3.05, 3.63) is 12.1 Å². The van der Waals surface area contributed by atoms with Gasteiger partial charge in [-0.05, 0) is 25.3 Å². The van der Waals surface area contributed by atoms with E-state index >= 15 is 0 Å². The van der Waals surface area contributed by atoms with Crippen LogP contribution in [-0.4, -0.2) is 32.8 Å². The molecule has 0 N–H and O–H groups in total. The number of hydrogen-bond acceptors (Lipinski definition) is 3. The zero-order chi connectivity index (χ0) is 13.0. The molecule has 0 aromatic heterocycles. The molecule has 0 amide bonds. The van der Waals surface area contributed by atoms with Gasteiger partial charge in [-0.25, -0.2) is 0 Å². The van der Waals surface area contributed by atoms with Crippen LogP contribution < -0.4 is 14.2 Å². The Bertz CT molecular complexity index is 400. The lowest BCUT2D eigenvalue weighted by molar-refractivity contribution is 0.319. The molecule has 1 aromatic rings. The molecule has 1 aliphatic heterocycles. The van der Waals surface area contributed by atoms with Crippen molar-refractivity contribution >= 4 is 10.9 Å². The predicted octanol–water partition coefficient (Wildman–Crippen LogP) is 2.87. The molecule has 100 valence electrons. The molecule has 1 aliphatic rings. The Morgan fingerprint density at radius 2 is 1.50 bits per heavy atom. The molecule has 1 heterocycles. The maximum absolute atomic E-state index is 5.57. The molecular weight excluding hydrogens is 248 g/mol. The molecular formula is C14H21O3S+. The molecule has 0 atom stereocenters. The summed E-state index contributed by atoms with van der Waals surface area (Å²) in [6.45, 7) is 0. The second-order valence-electron chi connectivity index (χ2n) is 4.29. The number of ether oxygens (including phenoxy) is 3.